The molecule has 0 saturated carbocycles. The average molecular weight is 438 g/mol. The molecule has 3 rings (SSSR count). The van der Waals surface area contributed by atoms with E-state index in [1.165, 1.54) is 0 Å². The molecule has 0 bridgehead atoms. The minimum Gasteiger partial charge on any atom is -0.488 e. The summed E-state index contributed by atoms with van der Waals surface area (Å²) in [6, 6.07) is 7.42. The number of nitrogens with zero attached hydrogens (tertiary/aromatic N) is 1. The van der Waals surface area contributed by atoms with E-state index in [0.717, 1.165) is 27.0 Å². The number of allylic oxidation sites excluding steroid dienone is 2. The van der Waals surface area contributed by atoms with E-state index in [4.69, 9.17) is 4.74 Å². The molecular weight excluding hydrogens is 419 g/mol. The molecule has 0 aromatic heterocycles. The summed E-state index contributed by atoms with van der Waals surface area (Å²) in [5.74, 6) is -2.37. The highest BCUT2D eigenvalue weighted by atomic mass is 79.9. The number of ether oxygens (including phenoxy) is 1. The van der Waals surface area contributed by atoms with Crippen molar-refractivity contribution in [1.82, 2.24) is 0 Å². The van der Waals surface area contributed by atoms with Crippen LogP contribution >= 0.6 is 15.9 Å². The van der Waals surface area contributed by atoms with Gasteiger partial charge >= 0.3 is 0 Å². The predicted octanol–water partition coefficient (Wildman–Crippen LogP) is 6.27. The zero-order chi connectivity index (χ0) is 19.7. The van der Waals surface area contributed by atoms with Gasteiger partial charge in [-0.15, -0.1) is 0 Å². The zero-order valence-electron chi connectivity index (χ0n) is 15.2. The van der Waals surface area contributed by atoms with Crippen molar-refractivity contribution in [2.45, 2.75) is 27.4 Å². The van der Waals surface area contributed by atoms with Gasteiger partial charge in [-0.2, -0.15) is 0 Å². The van der Waals surface area contributed by atoms with Crippen molar-refractivity contribution < 1.29 is 17.9 Å². The van der Waals surface area contributed by atoms with Gasteiger partial charge in [0.1, 0.15) is 29.8 Å². The van der Waals surface area contributed by atoms with Gasteiger partial charge < -0.3 is 9.64 Å². The molecule has 1 heterocycles. The van der Waals surface area contributed by atoms with Crippen molar-refractivity contribution in [1.29, 1.82) is 0 Å². The lowest BCUT2D eigenvalue weighted by molar-refractivity contribution is 0.200. The third-order valence-electron chi connectivity index (χ3n) is 4.52. The van der Waals surface area contributed by atoms with Crippen LogP contribution in [0.2, 0.25) is 0 Å². The molecule has 2 nitrogen and oxygen atoms in total. The lowest BCUT2D eigenvalue weighted by Gasteiger charge is -2.32. The quantitative estimate of drug-likeness (QED) is 0.558. The Balaban J connectivity index is 1.82. The van der Waals surface area contributed by atoms with Crippen LogP contribution in [0.1, 0.15) is 23.6 Å². The van der Waals surface area contributed by atoms with Crippen molar-refractivity contribution in [3.05, 3.63) is 86.5 Å². The number of hydrogen-bond acceptors (Lipinski definition) is 2. The first kappa shape index (κ1) is 19.5. The molecule has 0 amide bonds. The molecule has 2 aromatic carbocycles. The van der Waals surface area contributed by atoms with Crippen molar-refractivity contribution in [2.24, 2.45) is 0 Å². The third kappa shape index (κ3) is 4.05. The van der Waals surface area contributed by atoms with E-state index in [2.05, 4.69) is 46.8 Å². The average Bonchev–Trinajstić information content (AvgIpc) is 2.57. The monoisotopic (exact) mass is 437 g/mol. The molecule has 0 fully saturated rings. The number of rotatable bonds is 4. The number of aryl methyl sites for hydroxylation is 2. The van der Waals surface area contributed by atoms with Gasteiger partial charge in [0.15, 0.2) is 0 Å². The fourth-order valence-electron chi connectivity index (χ4n) is 3.15. The van der Waals surface area contributed by atoms with Crippen LogP contribution in [-0.4, -0.2) is 6.54 Å². The minimum atomic E-state index is -0.960. The van der Waals surface area contributed by atoms with Crippen molar-refractivity contribution in [2.75, 3.05) is 11.4 Å². The number of benzene rings is 2. The maximum atomic E-state index is 13.8. The molecule has 0 atom stereocenters. The molecular formula is C21H19BrF3NO. The molecule has 142 valence electrons. The first-order valence-corrected chi connectivity index (χ1v) is 9.24. The van der Waals surface area contributed by atoms with Crippen LogP contribution < -0.4 is 4.90 Å². The molecule has 0 N–H and O–H groups in total. The summed E-state index contributed by atoms with van der Waals surface area (Å²) in [6.07, 6.45) is 1.82. The molecule has 0 radical (unpaired) electrons. The molecule has 6 heteroatoms. The molecule has 1 aliphatic heterocycles. The maximum absolute atomic E-state index is 13.8. The Morgan fingerprint density at radius 1 is 1.04 bits per heavy atom. The van der Waals surface area contributed by atoms with E-state index in [1.807, 2.05) is 19.1 Å². The van der Waals surface area contributed by atoms with Gasteiger partial charge in [0.25, 0.3) is 0 Å². The molecule has 0 saturated heterocycles. The van der Waals surface area contributed by atoms with Gasteiger partial charge in [-0.3, -0.25) is 0 Å². The van der Waals surface area contributed by atoms with Crippen LogP contribution in [0.5, 0.6) is 0 Å². The zero-order valence-corrected chi connectivity index (χ0v) is 16.8. The highest BCUT2D eigenvalue weighted by Gasteiger charge is 2.22. The number of hydrogen-bond donors (Lipinski definition) is 0. The van der Waals surface area contributed by atoms with Crippen molar-refractivity contribution in [3.8, 4) is 0 Å². The topological polar surface area (TPSA) is 12.5 Å². The first-order valence-electron chi connectivity index (χ1n) is 8.45. The van der Waals surface area contributed by atoms with Crippen LogP contribution in [0, 0.1) is 31.3 Å². The smallest absolute Gasteiger partial charge is 0.135 e. The summed E-state index contributed by atoms with van der Waals surface area (Å²) in [5, 5.41) is 0. The van der Waals surface area contributed by atoms with Gasteiger partial charge in [0.05, 0.1) is 16.6 Å². The molecule has 1 aliphatic rings. The Hall–Kier alpha value is -2.21. The number of halogens is 4. The second-order valence-electron chi connectivity index (χ2n) is 6.52. The second kappa shape index (κ2) is 7.80. The number of anilines is 1. The van der Waals surface area contributed by atoms with E-state index in [0.29, 0.717) is 24.4 Å². The molecule has 0 spiro atoms. The summed E-state index contributed by atoms with van der Waals surface area (Å²) in [5.41, 5.74) is 4.08. The largest absolute Gasteiger partial charge is 0.488 e. The fraction of sp³-hybridized carbons (Fsp3) is 0.238. The SMILES string of the molecule is CC1=CC(OCc2c(F)cc(F)cc2F)=C(Br)CN1c1c(C)cccc1C. The first-order chi connectivity index (χ1) is 12.8. The highest BCUT2D eigenvalue weighted by molar-refractivity contribution is 9.11. The molecule has 0 aliphatic carbocycles. The molecule has 27 heavy (non-hydrogen) atoms. The van der Waals surface area contributed by atoms with E-state index in [9.17, 15) is 13.2 Å². The van der Waals surface area contributed by atoms with Crippen molar-refractivity contribution in [3.63, 3.8) is 0 Å². The standard InChI is InChI=1S/C21H19BrF3NO/c1-12-5-4-6-13(2)21(12)26-10-17(22)20(7-14(26)3)27-11-16-18(24)8-15(23)9-19(16)25/h4-9H,10-11H2,1-3H3. The Labute approximate surface area is 165 Å². The summed E-state index contributed by atoms with van der Waals surface area (Å²) in [4.78, 5) is 2.15. The molecule has 0 unspecified atom stereocenters. The Morgan fingerprint density at radius 2 is 1.63 bits per heavy atom. The lowest BCUT2D eigenvalue weighted by Crippen LogP contribution is -2.27. The van der Waals surface area contributed by atoms with Crippen LogP contribution in [-0.2, 0) is 11.3 Å². The summed E-state index contributed by atoms with van der Waals surface area (Å²) in [7, 11) is 0. The summed E-state index contributed by atoms with van der Waals surface area (Å²) in [6.45, 7) is 6.28. The van der Waals surface area contributed by atoms with E-state index >= 15 is 0 Å². The number of para-hydroxylation sites is 1. The fourth-order valence-corrected chi connectivity index (χ4v) is 3.63. The van der Waals surface area contributed by atoms with E-state index in [-0.39, 0.29) is 12.2 Å². The highest BCUT2D eigenvalue weighted by Crippen LogP contribution is 2.34. The normalized spacial score (nSPS) is 14.5. The van der Waals surface area contributed by atoms with Gasteiger partial charge in [0.2, 0.25) is 0 Å². The second-order valence-corrected chi connectivity index (χ2v) is 7.48. The third-order valence-corrected chi connectivity index (χ3v) is 5.16. The minimum absolute atomic E-state index is 0.299. The van der Waals surface area contributed by atoms with Gasteiger partial charge in [0, 0.05) is 29.6 Å². The summed E-state index contributed by atoms with van der Waals surface area (Å²) >= 11 is 3.51. The van der Waals surface area contributed by atoms with Gasteiger partial charge in [-0.05, 0) is 47.8 Å². The maximum Gasteiger partial charge on any atom is 0.135 e. The lowest BCUT2D eigenvalue weighted by atomic mass is 10.1. The van der Waals surface area contributed by atoms with Gasteiger partial charge in [-0.1, -0.05) is 18.2 Å². The van der Waals surface area contributed by atoms with Crippen LogP contribution in [0.3, 0.4) is 0 Å². The Bertz CT molecular complexity index is 909. The predicted molar refractivity (Wildman–Crippen MR) is 104 cm³/mol. The van der Waals surface area contributed by atoms with Crippen LogP contribution in [0.25, 0.3) is 0 Å². The Kier molecular flexibility index (Phi) is 5.65. The molecule has 2 aromatic rings. The van der Waals surface area contributed by atoms with E-state index < -0.39 is 17.5 Å². The summed E-state index contributed by atoms with van der Waals surface area (Å²) < 4.78 is 47.0. The van der Waals surface area contributed by atoms with Crippen LogP contribution in [0.4, 0.5) is 18.9 Å². The van der Waals surface area contributed by atoms with Crippen molar-refractivity contribution >= 4 is 21.6 Å². The van der Waals surface area contributed by atoms with E-state index in [1.54, 1.807) is 0 Å². The van der Waals surface area contributed by atoms with Gasteiger partial charge in [-0.25, -0.2) is 13.2 Å². The van der Waals surface area contributed by atoms with Crippen LogP contribution in [0.15, 0.2) is 52.3 Å². The Morgan fingerprint density at radius 3 is 2.22 bits per heavy atom.